The lowest BCUT2D eigenvalue weighted by Gasteiger charge is -2.31. The molecule has 1 aliphatic rings. The molecular formula is C20H21N5OS. The Bertz CT molecular complexity index is 905. The second kappa shape index (κ2) is 7.84. The standard InChI is InChI=1S/C20H21N5OS/c1-14(26)25-10-6-16(7-11-25)23-20-22-13-17(15-4-8-21-9-5-15)19(24-20)18-3-2-12-27-18/h2-5,8-9,12-13,16H,6-7,10-11H2,1H3,(H,22,23,24). The van der Waals surface area contributed by atoms with Crippen LogP contribution in [-0.4, -0.2) is 44.9 Å². The van der Waals surface area contributed by atoms with Crippen molar-refractivity contribution < 1.29 is 4.79 Å². The first-order chi connectivity index (χ1) is 13.2. The van der Waals surface area contributed by atoms with Gasteiger partial charge in [-0.3, -0.25) is 9.78 Å². The summed E-state index contributed by atoms with van der Waals surface area (Å²) >= 11 is 1.67. The first-order valence-electron chi connectivity index (χ1n) is 9.04. The van der Waals surface area contributed by atoms with Gasteiger partial charge in [0, 0.05) is 50.2 Å². The van der Waals surface area contributed by atoms with Crippen LogP contribution >= 0.6 is 11.3 Å². The molecule has 7 heteroatoms. The fraction of sp³-hybridized carbons (Fsp3) is 0.300. The Balaban J connectivity index is 1.58. The number of anilines is 1. The van der Waals surface area contributed by atoms with Crippen LogP contribution in [0.25, 0.3) is 21.7 Å². The van der Waals surface area contributed by atoms with E-state index in [0.717, 1.165) is 47.6 Å². The van der Waals surface area contributed by atoms with E-state index in [0.29, 0.717) is 5.95 Å². The zero-order valence-corrected chi connectivity index (χ0v) is 15.9. The highest BCUT2D eigenvalue weighted by atomic mass is 32.1. The van der Waals surface area contributed by atoms with Crippen LogP contribution in [0.1, 0.15) is 19.8 Å². The molecule has 0 spiro atoms. The summed E-state index contributed by atoms with van der Waals surface area (Å²) in [6.45, 7) is 3.18. The van der Waals surface area contributed by atoms with Crippen molar-refractivity contribution in [2.75, 3.05) is 18.4 Å². The van der Waals surface area contributed by atoms with Gasteiger partial charge in [-0.15, -0.1) is 11.3 Å². The molecule has 1 fully saturated rings. The number of nitrogens with one attached hydrogen (secondary N) is 1. The summed E-state index contributed by atoms with van der Waals surface area (Å²) < 4.78 is 0. The molecule has 0 unspecified atom stereocenters. The highest BCUT2D eigenvalue weighted by molar-refractivity contribution is 7.13. The summed E-state index contributed by atoms with van der Waals surface area (Å²) in [6.07, 6.45) is 7.25. The topological polar surface area (TPSA) is 71.0 Å². The lowest BCUT2D eigenvalue weighted by Crippen LogP contribution is -2.41. The zero-order valence-electron chi connectivity index (χ0n) is 15.1. The van der Waals surface area contributed by atoms with Crippen molar-refractivity contribution in [3.05, 3.63) is 48.2 Å². The van der Waals surface area contributed by atoms with Crippen LogP contribution in [0.15, 0.2) is 48.2 Å². The van der Waals surface area contributed by atoms with Gasteiger partial charge in [0.05, 0.1) is 10.6 Å². The minimum absolute atomic E-state index is 0.145. The van der Waals surface area contributed by atoms with Gasteiger partial charge in [-0.05, 0) is 42.0 Å². The number of carbonyl (C=O) groups excluding carboxylic acids is 1. The Morgan fingerprint density at radius 3 is 2.67 bits per heavy atom. The quantitative estimate of drug-likeness (QED) is 0.749. The van der Waals surface area contributed by atoms with E-state index in [9.17, 15) is 4.79 Å². The number of rotatable bonds is 4. The second-order valence-electron chi connectivity index (χ2n) is 6.59. The number of amides is 1. The number of nitrogens with zero attached hydrogens (tertiary/aromatic N) is 4. The van der Waals surface area contributed by atoms with Crippen molar-refractivity contribution in [3.63, 3.8) is 0 Å². The Morgan fingerprint density at radius 1 is 1.22 bits per heavy atom. The number of hydrogen-bond donors (Lipinski definition) is 1. The van der Waals surface area contributed by atoms with Crippen molar-refractivity contribution in [2.45, 2.75) is 25.8 Å². The lowest BCUT2D eigenvalue weighted by molar-refractivity contribution is -0.129. The average molecular weight is 379 g/mol. The summed E-state index contributed by atoms with van der Waals surface area (Å²) in [7, 11) is 0. The largest absolute Gasteiger partial charge is 0.351 e. The highest BCUT2D eigenvalue weighted by Gasteiger charge is 2.21. The summed E-state index contributed by atoms with van der Waals surface area (Å²) in [5.41, 5.74) is 2.97. The first-order valence-corrected chi connectivity index (χ1v) is 9.92. The van der Waals surface area contributed by atoms with Gasteiger partial charge in [0.1, 0.15) is 0 Å². The third kappa shape index (κ3) is 3.98. The molecule has 0 saturated carbocycles. The molecule has 4 rings (SSSR count). The second-order valence-corrected chi connectivity index (χ2v) is 7.54. The molecule has 1 amide bonds. The number of aromatic nitrogens is 3. The number of piperidine rings is 1. The molecule has 3 aromatic rings. The van der Waals surface area contributed by atoms with E-state index in [1.165, 1.54) is 0 Å². The maximum atomic E-state index is 11.5. The van der Waals surface area contributed by atoms with Gasteiger partial charge in [0.2, 0.25) is 11.9 Å². The van der Waals surface area contributed by atoms with Crippen molar-refractivity contribution in [2.24, 2.45) is 0 Å². The Labute approximate surface area is 162 Å². The fourth-order valence-corrected chi connectivity index (χ4v) is 4.04. The molecule has 1 saturated heterocycles. The molecule has 27 heavy (non-hydrogen) atoms. The molecule has 0 atom stereocenters. The van der Waals surface area contributed by atoms with Gasteiger partial charge >= 0.3 is 0 Å². The number of hydrogen-bond acceptors (Lipinski definition) is 6. The maximum absolute atomic E-state index is 11.5. The van der Waals surface area contributed by atoms with Crippen LogP contribution in [0, 0.1) is 0 Å². The molecule has 1 N–H and O–H groups in total. The van der Waals surface area contributed by atoms with E-state index in [-0.39, 0.29) is 11.9 Å². The fourth-order valence-electron chi connectivity index (χ4n) is 3.32. The molecule has 0 radical (unpaired) electrons. The maximum Gasteiger partial charge on any atom is 0.223 e. The number of likely N-dealkylation sites (tertiary alicyclic amines) is 1. The van der Waals surface area contributed by atoms with Crippen LogP contribution in [0.2, 0.25) is 0 Å². The van der Waals surface area contributed by atoms with E-state index in [4.69, 9.17) is 4.98 Å². The summed E-state index contributed by atoms with van der Waals surface area (Å²) in [6, 6.07) is 8.33. The molecule has 1 aliphatic heterocycles. The normalized spacial score (nSPS) is 14.9. The van der Waals surface area contributed by atoms with E-state index in [2.05, 4.69) is 26.7 Å². The third-order valence-corrected chi connectivity index (χ3v) is 5.68. The SMILES string of the molecule is CC(=O)N1CCC(Nc2ncc(-c3ccncc3)c(-c3cccs3)n2)CC1. The van der Waals surface area contributed by atoms with Crippen LogP contribution in [0.4, 0.5) is 5.95 Å². The van der Waals surface area contributed by atoms with Crippen LogP contribution in [-0.2, 0) is 4.79 Å². The molecule has 6 nitrogen and oxygen atoms in total. The average Bonchev–Trinajstić information content (AvgIpc) is 3.24. The molecule has 138 valence electrons. The molecule has 0 aliphatic carbocycles. The van der Waals surface area contributed by atoms with Crippen molar-refractivity contribution in [3.8, 4) is 21.7 Å². The van der Waals surface area contributed by atoms with Crippen molar-refractivity contribution in [1.82, 2.24) is 19.9 Å². The summed E-state index contributed by atoms with van der Waals surface area (Å²) in [4.78, 5) is 28.0. The van der Waals surface area contributed by atoms with E-state index < -0.39 is 0 Å². The van der Waals surface area contributed by atoms with Crippen LogP contribution < -0.4 is 5.32 Å². The Hall–Kier alpha value is -2.80. The van der Waals surface area contributed by atoms with Crippen LogP contribution in [0.5, 0.6) is 0 Å². The van der Waals surface area contributed by atoms with Gasteiger partial charge in [0.15, 0.2) is 0 Å². The zero-order chi connectivity index (χ0) is 18.6. The number of thiophene rings is 1. The Kier molecular flexibility index (Phi) is 5.11. The first kappa shape index (κ1) is 17.6. The van der Waals surface area contributed by atoms with Crippen molar-refractivity contribution in [1.29, 1.82) is 0 Å². The third-order valence-electron chi connectivity index (χ3n) is 4.81. The summed E-state index contributed by atoms with van der Waals surface area (Å²) in [5.74, 6) is 0.781. The lowest BCUT2D eigenvalue weighted by atomic mass is 10.0. The molecule has 3 aromatic heterocycles. The van der Waals surface area contributed by atoms with Crippen molar-refractivity contribution >= 4 is 23.2 Å². The van der Waals surface area contributed by atoms with Gasteiger partial charge in [-0.2, -0.15) is 0 Å². The monoisotopic (exact) mass is 379 g/mol. The van der Waals surface area contributed by atoms with Gasteiger partial charge < -0.3 is 10.2 Å². The van der Waals surface area contributed by atoms with E-state index >= 15 is 0 Å². The summed E-state index contributed by atoms with van der Waals surface area (Å²) in [5, 5.41) is 5.51. The predicted molar refractivity (Wildman–Crippen MR) is 107 cm³/mol. The van der Waals surface area contributed by atoms with E-state index in [1.54, 1.807) is 30.7 Å². The molecule has 0 aromatic carbocycles. The van der Waals surface area contributed by atoms with E-state index in [1.807, 2.05) is 29.3 Å². The molecular weight excluding hydrogens is 358 g/mol. The minimum atomic E-state index is 0.145. The van der Waals surface area contributed by atoms with Gasteiger partial charge in [-0.25, -0.2) is 9.97 Å². The molecule has 0 bridgehead atoms. The minimum Gasteiger partial charge on any atom is -0.351 e. The predicted octanol–water partition coefficient (Wildman–Crippen LogP) is 3.69. The number of carbonyl (C=O) groups is 1. The number of pyridine rings is 1. The smallest absolute Gasteiger partial charge is 0.223 e. The Morgan fingerprint density at radius 2 is 2.00 bits per heavy atom. The molecule has 4 heterocycles. The highest BCUT2D eigenvalue weighted by Crippen LogP contribution is 2.33. The van der Waals surface area contributed by atoms with Gasteiger partial charge in [-0.1, -0.05) is 6.07 Å². The van der Waals surface area contributed by atoms with Crippen LogP contribution in [0.3, 0.4) is 0 Å². The van der Waals surface area contributed by atoms with Gasteiger partial charge in [0.25, 0.3) is 0 Å².